The van der Waals surface area contributed by atoms with Gasteiger partial charge in [-0.3, -0.25) is 0 Å². The maximum atomic E-state index is 5.68. The van der Waals surface area contributed by atoms with Crippen LogP contribution in [-0.2, 0) is 0 Å². The minimum absolute atomic E-state index is 0.452. The molecule has 0 bridgehead atoms. The first-order valence-electron chi connectivity index (χ1n) is 2.41. The van der Waals surface area contributed by atoms with Crippen molar-refractivity contribution in [1.82, 2.24) is 9.97 Å². The molecule has 0 radical (unpaired) electrons. The minimum Gasteiger partial charge on any atom is -0.349 e. The Hall–Kier alpha value is -0.410. The van der Waals surface area contributed by atoms with Gasteiger partial charge in [0.1, 0.15) is 4.64 Å². The van der Waals surface area contributed by atoms with E-state index in [1.807, 2.05) is 6.92 Å². The first-order valence-corrected chi connectivity index (χ1v) is 3.20. The van der Waals surface area contributed by atoms with Crippen molar-refractivity contribution in [3.05, 3.63) is 21.7 Å². The molecule has 0 aliphatic heterocycles. The van der Waals surface area contributed by atoms with Crippen LogP contribution >= 0.6 is 23.8 Å². The van der Waals surface area contributed by atoms with E-state index in [9.17, 15) is 0 Å². The predicted octanol–water partition coefficient (Wildman–Crippen LogP) is 2.10. The van der Waals surface area contributed by atoms with Gasteiger partial charge in [-0.1, -0.05) is 23.8 Å². The molecule has 0 saturated heterocycles. The number of H-pyrrole nitrogens is 1. The SMILES string of the molecule is Cc1[nH]cnc(=S)c1Cl. The molecule has 1 N–H and O–H groups in total. The van der Waals surface area contributed by atoms with E-state index in [4.69, 9.17) is 23.8 Å². The number of hydrogen-bond acceptors (Lipinski definition) is 2. The second kappa shape index (κ2) is 2.45. The van der Waals surface area contributed by atoms with Gasteiger partial charge in [0.2, 0.25) is 0 Å². The first-order chi connectivity index (χ1) is 4.22. The van der Waals surface area contributed by atoms with Gasteiger partial charge in [-0.15, -0.1) is 0 Å². The first kappa shape index (κ1) is 6.71. The zero-order valence-electron chi connectivity index (χ0n) is 4.81. The highest BCUT2D eigenvalue weighted by Crippen LogP contribution is 2.10. The summed E-state index contributed by atoms with van der Waals surface area (Å²) in [6.45, 7) is 1.85. The maximum absolute atomic E-state index is 5.68. The van der Waals surface area contributed by atoms with Crippen molar-refractivity contribution in [3.8, 4) is 0 Å². The van der Waals surface area contributed by atoms with Crippen LogP contribution in [0.1, 0.15) is 5.69 Å². The van der Waals surface area contributed by atoms with Gasteiger partial charge >= 0.3 is 0 Å². The summed E-state index contributed by atoms with van der Waals surface area (Å²) < 4.78 is 0.452. The van der Waals surface area contributed by atoms with Crippen molar-refractivity contribution in [3.63, 3.8) is 0 Å². The van der Waals surface area contributed by atoms with Crippen LogP contribution in [-0.4, -0.2) is 9.97 Å². The molecular formula is C5H5ClN2S. The van der Waals surface area contributed by atoms with Gasteiger partial charge in [0, 0.05) is 5.69 Å². The van der Waals surface area contributed by atoms with Crippen LogP contribution in [0.5, 0.6) is 0 Å². The summed E-state index contributed by atoms with van der Waals surface area (Å²) >= 11 is 10.5. The molecule has 0 aliphatic carbocycles. The van der Waals surface area contributed by atoms with E-state index in [1.165, 1.54) is 6.33 Å². The molecule has 1 aromatic heterocycles. The third-order valence-electron chi connectivity index (χ3n) is 0.980. The summed E-state index contributed by atoms with van der Waals surface area (Å²) in [6, 6.07) is 0. The lowest BCUT2D eigenvalue weighted by molar-refractivity contribution is 1.09. The van der Waals surface area contributed by atoms with E-state index in [1.54, 1.807) is 0 Å². The largest absolute Gasteiger partial charge is 0.349 e. The molecule has 4 heteroatoms. The molecule has 1 aromatic rings. The topological polar surface area (TPSA) is 28.7 Å². The van der Waals surface area contributed by atoms with Crippen molar-refractivity contribution in [2.24, 2.45) is 0 Å². The fraction of sp³-hybridized carbons (Fsp3) is 0.200. The van der Waals surface area contributed by atoms with E-state index in [-0.39, 0.29) is 0 Å². The average Bonchev–Trinajstić information content (AvgIpc) is 1.83. The Morgan fingerprint density at radius 3 is 2.89 bits per heavy atom. The lowest BCUT2D eigenvalue weighted by Crippen LogP contribution is -1.84. The number of hydrogen-bond donors (Lipinski definition) is 1. The summed E-state index contributed by atoms with van der Waals surface area (Å²) in [6.07, 6.45) is 1.53. The van der Waals surface area contributed by atoms with Crippen molar-refractivity contribution in [2.45, 2.75) is 6.92 Å². The Labute approximate surface area is 62.9 Å². The van der Waals surface area contributed by atoms with Crippen molar-refractivity contribution < 1.29 is 0 Å². The quantitative estimate of drug-likeness (QED) is 0.589. The number of nitrogens with zero attached hydrogens (tertiary/aromatic N) is 1. The number of halogens is 1. The lowest BCUT2D eigenvalue weighted by atomic mass is 10.5. The van der Waals surface area contributed by atoms with Crippen LogP contribution in [0, 0.1) is 11.6 Å². The Bertz CT molecular complexity index is 268. The van der Waals surface area contributed by atoms with Gasteiger partial charge in [-0.05, 0) is 6.92 Å². The Morgan fingerprint density at radius 2 is 2.44 bits per heavy atom. The Balaban J connectivity index is 3.43. The molecule has 1 rings (SSSR count). The van der Waals surface area contributed by atoms with E-state index in [2.05, 4.69) is 9.97 Å². The van der Waals surface area contributed by atoms with Gasteiger partial charge < -0.3 is 4.98 Å². The molecule has 0 unspecified atom stereocenters. The Kier molecular flexibility index (Phi) is 1.83. The summed E-state index contributed by atoms with van der Waals surface area (Å²) in [5, 5.41) is 0.535. The summed E-state index contributed by atoms with van der Waals surface area (Å²) in [4.78, 5) is 6.60. The Morgan fingerprint density at radius 1 is 1.78 bits per heavy atom. The molecule has 48 valence electrons. The molecule has 0 fully saturated rings. The van der Waals surface area contributed by atoms with Gasteiger partial charge in [-0.25, -0.2) is 4.98 Å². The third-order valence-corrected chi connectivity index (χ3v) is 1.86. The zero-order valence-corrected chi connectivity index (χ0v) is 6.38. The molecule has 1 heterocycles. The highest BCUT2D eigenvalue weighted by molar-refractivity contribution is 7.71. The van der Waals surface area contributed by atoms with Crippen LogP contribution in [0.3, 0.4) is 0 Å². The highest BCUT2D eigenvalue weighted by atomic mass is 35.5. The number of rotatable bonds is 0. The molecular weight excluding hydrogens is 156 g/mol. The van der Waals surface area contributed by atoms with Gasteiger partial charge in [0.05, 0.1) is 11.3 Å². The predicted molar refractivity (Wildman–Crippen MR) is 39.2 cm³/mol. The molecule has 0 amide bonds. The molecule has 0 spiro atoms. The minimum atomic E-state index is 0.452. The van der Waals surface area contributed by atoms with Crippen LogP contribution in [0.4, 0.5) is 0 Å². The maximum Gasteiger partial charge on any atom is 0.148 e. The molecule has 0 atom stereocenters. The molecule has 0 aliphatic rings. The summed E-state index contributed by atoms with van der Waals surface area (Å²) in [5.74, 6) is 0. The lowest BCUT2D eigenvalue weighted by Gasteiger charge is -1.92. The number of aryl methyl sites for hydroxylation is 1. The van der Waals surface area contributed by atoms with Crippen LogP contribution in [0.2, 0.25) is 5.02 Å². The van der Waals surface area contributed by atoms with Crippen molar-refractivity contribution in [2.75, 3.05) is 0 Å². The van der Waals surface area contributed by atoms with Crippen LogP contribution < -0.4 is 0 Å². The van der Waals surface area contributed by atoms with Gasteiger partial charge in [-0.2, -0.15) is 0 Å². The second-order valence-corrected chi connectivity index (χ2v) is 2.41. The number of aromatic nitrogens is 2. The van der Waals surface area contributed by atoms with E-state index in [0.717, 1.165) is 5.69 Å². The van der Waals surface area contributed by atoms with E-state index < -0.39 is 0 Å². The van der Waals surface area contributed by atoms with Gasteiger partial charge in [0.25, 0.3) is 0 Å². The third kappa shape index (κ3) is 1.28. The smallest absolute Gasteiger partial charge is 0.148 e. The molecule has 0 aromatic carbocycles. The number of aromatic amines is 1. The van der Waals surface area contributed by atoms with Crippen molar-refractivity contribution >= 4 is 23.8 Å². The monoisotopic (exact) mass is 160 g/mol. The second-order valence-electron chi connectivity index (χ2n) is 1.65. The number of nitrogens with one attached hydrogen (secondary N) is 1. The van der Waals surface area contributed by atoms with E-state index >= 15 is 0 Å². The highest BCUT2D eigenvalue weighted by Gasteiger charge is 1.93. The fourth-order valence-electron chi connectivity index (χ4n) is 0.468. The standard InChI is InChI=1S/C5H5ClN2S/c1-3-4(6)5(9)8-2-7-3/h2H,1H3,(H,7,8,9). The molecule has 9 heavy (non-hydrogen) atoms. The average molecular weight is 161 g/mol. The van der Waals surface area contributed by atoms with Crippen molar-refractivity contribution in [1.29, 1.82) is 0 Å². The molecule has 0 saturated carbocycles. The van der Waals surface area contributed by atoms with Gasteiger partial charge in [0.15, 0.2) is 0 Å². The fourth-order valence-corrected chi connectivity index (χ4v) is 0.777. The van der Waals surface area contributed by atoms with Crippen LogP contribution in [0.15, 0.2) is 6.33 Å². The van der Waals surface area contributed by atoms with E-state index in [0.29, 0.717) is 9.66 Å². The summed E-state index contributed by atoms with van der Waals surface area (Å²) in [5.41, 5.74) is 0.858. The zero-order chi connectivity index (χ0) is 6.85. The molecule has 2 nitrogen and oxygen atoms in total. The summed E-state index contributed by atoms with van der Waals surface area (Å²) in [7, 11) is 0. The normalized spacial score (nSPS) is 9.56. The van der Waals surface area contributed by atoms with Crippen LogP contribution in [0.25, 0.3) is 0 Å².